The first-order valence-electron chi connectivity index (χ1n) is 6.85. The molecule has 0 aromatic heterocycles. The molecule has 0 heterocycles. The molecule has 0 atom stereocenters. The normalized spacial score (nSPS) is 10.5. The number of rotatable bonds is 7. The fourth-order valence-electron chi connectivity index (χ4n) is 2.15. The van der Waals surface area contributed by atoms with Gasteiger partial charge in [-0.2, -0.15) is 0 Å². The summed E-state index contributed by atoms with van der Waals surface area (Å²) < 4.78 is 5.16. The third kappa shape index (κ3) is 4.08. The third-order valence-electron chi connectivity index (χ3n) is 3.33. The molecule has 0 radical (unpaired) electrons. The lowest BCUT2D eigenvalue weighted by Gasteiger charge is -2.11. The van der Waals surface area contributed by atoms with Crippen LogP contribution in [0, 0.1) is 0 Å². The Morgan fingerprint density at radius 1 is 1.05 bits per heavy atom. The summed E-state index contributed by atoms with van der Waals surface area (Å²) in [5, 5.41) is 12.8. The predicted molar refractivity (Wildman–Crippen MR) is 80.8 cm³/mol. The van der Waals surface area contributed by atoms with Crippen LogP contribution < -0.4 is 10.1 Å². The SMILES string of the molecule is COc1ccc(CNCCc2ccccc2)c(CO)c1. The van der Waals surface area contributed by atoms with Crippen LogP contribution in [0.25, 0.3) is 0 Å². The van der Waals surface area contributed by atoms with Gasteiger partial charge >= 0.3 is 0 Å². The van der Waals surface area contributed by atoms with Crippen molar-refractivity contribution in [2.75, 3.05) is 13.7 Å². The van der Waals surface area contributed by atoms with Gasteiger partial charge in [0.05, 0.1) is 13.7 Å². The second kappa shape index (κ2) is 7.68. The van der Waals surface area contributed by atoms with Gasteiger partial charge in [-0.15, -0.1) is 0 Å². The van der Waals surface area contributed by atoms with Gasteiger partial charge in [-0.25, -0.2) is 0 Å². The Balaban J connectivity index is 1.85. The molecule has 0 amide bonds. The van der Waals surface area contributed by atoms with Crippen LogP contribution in [0.3, 0.4) is 0 Å². The second-order valence-corrected chi connectivity index (χ2v) is 4.71. The molecule has 0 aliphatic rings. The van der Waals surface area contributed by atoms with Gasteiger partial charge in [0.25, 0.3) is 0 Å². The summed E-state index contributed by atoms with van der Waals surface area (Å²) in [6.07, 6.45) is 1.01. The van der Waals surface area contributed by atoms with E-state index in [4.69, 9.17) is 4.74 Å². The van der Waals surface area contributed by atoms with Crippen molar-refractivity contribution in [3.63, 3.8) is 0 Å². The monoisotopic (exact) mass is 271 g/mol. The standard InChI is InChI=1S/C17H21NO2/c1-20-17-8-7-15(16(11-17)13-19)12-18-10-9-14-5-3-2-4-6-14/h2-8,11,18-19H,9-10,12-13H2,1H3. The summed E-state index contributed by atoms with van der Waals surface area (Å²) >= 11 is 0. The van der Waals surface area contributed by atoms with Crippen LogP contribution in [0.1, 0.15) is 16.7 Å². The molecule has 106 valence electrons. The Morgan fingerprint density at radius 2 is 1.85 bits per heavy atom. The number of benzene rings is 2. The van der Waals surface area contributed by atoms with Gasteiger partial charge in [-0.1, -0.05) is 36.4 Å². The average Bonchev–Trinajstić information content (AvgIpc) is 2.52. The van der Waals surface area contributed by atoms with E-state index < -0.39 is 0 Å². The van der Waals surface area contributed by atoms with Gasteiger partial charge in [0.1, 0.15) is 5.75 Å². The molecule has 0 aliphatic heterocycles. The molecule has 20 heavy (non-hydrogen) atoms. The largest absolute Gasteiger partial charge is 0.497 e. The molecule has 2 N–H and O–H groups in total. The Labute approximate surface area is 120 Å². The Kier molecular flexibility index (Phi) is 5.59. The van der Waals surface area contributed by atoms with Crippen LogP contribution in [0.5, 0.6) is 5.75 Å². The summed E-state index contributed by atoms with van der Waals surface area (Å²) in [5.41, 5.74) is 3.36. The highest BCUT2D eigenvalue weighted by Crippen LogP contribution is 2.17. The number of aliphatic hydroxyl groups is 1. The van der Waals surface area contributed by atoms with E-state index in [1.54, 1.807) is 7.11 Å². The predicted octanol–water partition coefficient (Wildman–Crippen LogP) is 2.52. The van der Waals surface area contributed by atoms with Crippen molar-refractivity contribution in [3.05, 3.63) is 65.2 Å². The van der Waals surface area contributed by atoms with Crippen molar-refractivity contribution in [2.24, 2.45) is 0 Å². The molecule has 2 aromatic rings. The molecule has 0 saturated carbocycles. The first kappa shape index (κ1) is 14.6. The molecule has 0 fully saturated rings. The molecule has 0 aliphatic carbocycles. The summed E-state index contributed by atoms with van der Waals surface area (Å²) in [6.45, 7) is 1.71. The minimum atomic E-state index is 0.0346. The van der Waals surface area contributed by atoms with Gasteiger partial charge < -0.3 is 15.2 Å². The molecular weight excluding hydrogens is 250 g/mol. The highest BCUT2D eigenvalue weighted by Gasteiger charge is 2.03. The zero-order valence-corrected chi connectivity index (χ0v) is 11.8. The van der Waals surface area contributed by atoms with Crippen molar-refractivity contribution >= 4 is 0 Å². The van der Waals surface area contributed by atoms with Crippen LogP contribution in [0.15, 0.2) is 48.5 Å². The van der Waals surface area contributed by atoms with Crippen LogP contribution >= 0.6 is 0 Å². The first-order valence-corrected chi connectivity index (χ1v) is 6.85. The molecule has 2 rings (SSSR count). The van der Waals surface area contributed by atoms with Gasteiger partial charge in [0.15, 0.2) is 0 Å². The second-order valence-electron chi connectivity index (χ2n) is 4.71. The first-order chi connectivity index (χ1) is 9.83. The van der Waals surface area contributed by atoms with Crippen LogP contribution in [-0.2, 0) is 19.6 Å². The maximum Gasteiger partial charge on any atom is 0.119 e. The van der Waals surface area contributed by atoms with Crippen molar-refractivity contribution < 1.29 is 9.84 Å². The fourth-order valence-corrected chi connectivity index (χ4v) is 2.15. The highest BCUT2D eigenvalue weighted by molar-refractivity contribution is 5.35. The molecule has 3 nitrogen and oxygen atoms in total. The van der Waals surface area contributed by atoms with Crippen molar-refractivity contribution in [3.8, 4) is 5.75 Å². The number of hydrogen-bond acceptors (Lipinski definition) is 3. The molecule has 2 aromatic carbocycles. The molecular formula is C17H21NO2. The van der Waals surface area contributed by atoms with Crippen LogP contribution in [0.4, 0.5) is 0 Å². The molecule has 0 spiro atoms. The van der Waals surface area contributed by atoms with E-state index in [0.717, 1.165) is 36.4 Å². The lowest BCUT2D eigenvalue weighted by Crippen LogP contribution is -2.17. The zero-order valence-electron chi connectivity index (χ0n) is 11.8. The van der Waals surface area contributed by atoms with Gasteiger partial charge in [-0.3, -0.25) is 0 Å². The Hall–Kier alpha value is -1.84. The maximum absolute atomic E-state index is 9.39. The summed E-state index contributed by atoms with van der Waals surface area (Å²) in [6, 6.07) is 16.2. The van der Waals surface area contributed by atoms with E-state index in [-0.39, 0.29) is 6.61 Å². The highest BCUT2D eigenvalue weighted by atomic mass is 16.5. The Morgan fingerprint density at radius 3 is 2.55 bits per heavy atom. The van der Waals surface area contributed by atoms with Crippen molar-refractivity contribution in [2.45, 2.75) is 19.6 Å². The van der Waals surface area contributed by atoms with Gasteiger partial charge in [0, 0.05) is 6.54 Å². The number of methoxy groups -OCH3 is 1. The fraction of sp³-hybridized carbons (Fsp3) is 0.294. The lowest BCUT2D eigenvalue weighted by molar-refractivity contribution is 0.279. The summed E-state index contributed by atoms with van der Waals surface area (Å²) in [7, 11) is 1.63. The van der Waals surface area contributed by atoms with E-state index >= 15 is 0 Å². The van der Waals surface area contributed by atoms with Crippen LogP contribution in [0.2, 0.25) is 0 Å². The number of aliphatic hydroxyl groups excluding tert-OH is 1. The van der Waals surface area contributed by atoms with E-state index in [1.165, 1.54) is 5.56 Å². The van der Waals surface area contributed by atoms with E-state index in [0.29, 0.717) is 0 Å². The van der Waals surface area contributed by atoms with E-state index in [1.807, 2.05) is 24.3 Å². The average molecular weight is 271 g/mol. The Bertz CT molecular complexity index is 526. The molecule has 0 saturated heterocycles. The van der Waals surface area contributed by atoms with Crippen molar-refractivity contribution in [1.82, 2.24) is 5.32 Å². The summed E-state index contributed by atoms with van der Waals surface area (Å²) in [4.78, 5) is 0. The van der Waals surface area contributed by atoms with E-state index in [9.17, 15) is 5.11 Å². The number of nitrogens with one attached hydrogen (secondary N) is 1. The number of hydrogen-bond donors (Lipinski definition) is 2. The number of ether oxygens (including phenoxy) is 1. The smallest absolute Gasteiger partial charge is 0.119 e. The van der Waals surface area contributed by atoms with Crippen LogP contribution in [-0.4, -0.2) is 18.8 Å². The lowest BCUT2D eigenvalue weighted by atomic mass is 10.1. The molecule has 3 heteroatoms. The molecule has 0 unspecified atom stereocenters. The van der Waals surface area contributed by atoms with Crippen molar-refractivity contribution in [1.29, 1.82) is 0 Å². The minimum absolute atomic E-state index is 0.0346. The van der Waals surface area contributed by atoms with Gasteiger partial charge in [-0.05, 0) is 41.8 Å². The van der Waals surface area contributed by atoms with E-state index in [2.05, 4.69) is 29.6 Å². The van der Waals surface area contributed by atoms with Gasteiger partial charge in [0.2, 0.25) is 0 Å². The summed E-state index contributed by atoms with van der Waals surface area (Å²) in [5.74, 6) is 0.780. The topological polar surface area (TPSA) is 41.5 Å². The zero-order chi connectivity index (χ0) is 14.2. The quantitative estimate of drug-likeness (QED) is 0.760. The minimum Gasteiger partial charge on any atom is -0.497 e. The maximum atomic E-state index is 9.39. The third-order valence-corrected chi connectivity index (χ3v) is 3.33. The molecule has 0 bridgehead atoms.